The molecule has 0 bridgehead atoms. The first-order valence-electron chi connectivity index (χ1n) is 6.95. The lowest BCUT2D eigenvalue weighted by Gasteiger charge is -2.03. The molecule has 0 atom stereocenters. The third kappa shape index (κ3) is 3.48. The van der Waals surface area contributed by atoms with Crippen LogP contribution in [0.5, 0.6) is 0 Å². The molecular weight excluding hydrogens is 292 g/mol. The van der Waals surface area contributed by atoms with Gasteiger partial charge in [0.2, 0.25) is 0 Å². The fraction of sp³-hybridized carbons (Fsp3) is 0.118. The molecule has 2 aromatic heterocycles. The number of hydrogen-bond acceptors (Lipinski definition) is 5. The molecule has 3 aromatic rings. The van der Waals surface area contributed by atoms with Gasteiger partial charge < -0.3 is 5.32 Å². The van der Waals surface area contributed by atoms with Crippen molar-refractivity contribution in [1.82, 2.24) is 9.97 Å². The van der Waals surface area contributed by atoms with Gasteiger partial charge in [0, 0.05) is 30.1 Å². The SMILES string of the molecule is N#Cc1ccc(NCCc2csc(-c3ccccc3)n2)nc1. The Labute approximate surface area is 133 Å². The number of pyridine rings is 1. The number of rotatable bonds is 5. The van der Waals surface area contributed by atoms with E-state index in [1.165, 1.54) is 0 Å². The zero-order valence-corrected chi connectivity index (χ0v) is 12.7. The van der Waals surface area contributed by atoms with Crippen molar-refractivity contribution in [2.24, 2.45) is 0 Å². The van der Waals surface area contributed by atoms with Gasteiger partial charge in [0.05, 0.1) is 11.3 Å². The maximum Gasteiger partial charge on any atom is 0.125 e. The summed E-state index contributed by atoms with van der Waals surface area (Å²) in [5, 5.41) is 15.1. The highest BCUT2D eigenvalue weighted by molar-refractivity contribution is 7.13. The van der Waals surface area contributed by atoms with Crippen molar-refractivity contribution >= 4 is 17.2 Å². The fourth-order valence-corrected chi connectivity index (χ4v) is 2.88. The van der Waals surface area contributed by atoms with Gasteiger partial charge in [0.1, 0.15) is 16.9 Å². The lowest BCUT2D eigenvalue weighted by atomic mass is 10.2. The Bertz CT molecular complexity index is 772. The highest BCUT2D eigenvalue weighted by Gasteiger charge is 2.04. The van der Waals surface area contributed by atoms with Crippen molar-refractivity contribution in [1.29, 1.82) is 5.26 Å². The smallest absolute Gasteiger partial charge is 0.125 e. The van der Waals surface area contributed by atoms with Crippen LogP contribution < -0.4 is 5.32 Å². The monoisotopic (exact) mass is 306 g/mol. The quantitative estimate of drug-likeness (QED) is 0.780. The van der Waals surface area contributed by atoms with E-state index < -0.39 is 0 Å². The van der Waals surface area contributed by atoms with Gasteiger partial charge in [-0.05, 0) is 12.1 Å². The van der Waals surface area contributed by atoms with Gasteiger partial charge in [0.15, 0.2) is 0 Å². The normalized spacial score (nSPS) is 10.1. The second-order valence-electron chi connectivity index (χ2n) is 4.73. The molecule has 0 unspecified atom stereocenters. The van der Waals surface area contributed by atoms with E-state index in [1.54, 1.807) is 23.6 Å². The molecule has 0 saturated carbocycles. The largest absolute Gasteiger partial charge is 0.370 e. The van der Waals surface area contributed by atoms with E-state index in [-0.39, 0.29) is 0 Å². The molecule has 2 heterocycles. The molecule has 0 aliphatic heterocycles. The second kappa shape index (κ2) is 6.83. The Morgan fingerprint density at radius 1 is 1.14 bits per heavy atom. The van der Waals surface area contributed by atoms with E-state index in [9.17, 15) is 0 Å². The molecule has 108 valence electrons. The summed E-state index contributed by atoms with van der Waals surface area (Å²) in [5.74, 6) is 0.775. The molecule has 0 fully saturated rings. The van der Waals surface area contributed by atoms with Crippen LogP contribution in [0, 0.1) is 11.3 Å². The van der Waals surface area contributed by atoms with Gasteiger partial charge in [-0.3, -0.25) is 0 Å². The molecule has 0 radical (unpaired) electrons. The van der Waals surface area contributed by atoms with Crippen molar-refractivity contribution in [3.63, 3.8) is 0 Å². The predicted octanol–water partition coefficient (Wildman–Crippen LogP) is 3.73. The number of nitrogens with zero attached hydrogens (tertiary/aromatic N) is 3. The highest BCUT2D eigenvalue weighted by atomic mass is 32.1. The van der Waals surface area contributed by atoms with E-state index in [0.717, 1.165) is 35.0 Å². The zero-order valence-electron chi connectivity index (χ0n) is 11.9. The summed E-state index contributed by atoms with van der Waals surface area (Å²) in [6.07, 6.45) is 2.41. The van der Waals surface area contributed by atoms with E-state index in [2.05, 4.69) is 38.9 Å². The van der Waals surface area contributed by atoms with Crippen molar-refractivity contribution in [3.8, 4) is 16.6 Å². The third-order valence-electron chi connectivity index (χ3n) is 3.15. The molecule has 0 aliphatic rings. The highest BCUT2D eigenvalue weighted by Crippen LogP contribution is 2.23. The Kier molecular flexibility index (Phi) is 4.42. The van der Waals surface area contributed by atoms with Crippen molar-refractivity contribution in [2.45, 2.75) is 6.42 Å². The van der Waals surface area contributed by atoms with Crippen LogP contribution in [0.3, 0.4) is 0 Å². The summed E-state index contributed by atoms with van der Waals surface area (Å²) in [7, 11) is 0. The number of nitriles is 1. The van der Waals surface area contributed by atoms with Crippen LogP contribution in [0.4, 0.5) is 5.82 Å². The number of benzene rings is 1. The van der Waals surface area contributed by atoms with Crippen LogP contribution in [0.15, 0.2) is 54.0 Å². The molecule has 22 heavy (non-hydrogen) atoms. The van der Waals surface area contributed by atoms with Crippen LogP contribution in [-0.2, 0) is 6.42 Å². The maximum atomic E-state index is 8.73. The molecule has 1 aromatic carbocycles. The Morgan fingerprint density at radius 2 is 2.00 bits per heavy atom. The molecule has 5 heteroatoms. The van der Waals surface area contributed by atoms with Crippen molar-refractivity contribution in [2.75, 3.05) is 11.9 Å². The van der Waals surface area contributed by atoms with E-state index in [0.29, 0.717) is 5.56 Å². The number of anilines is 1. The second-order valence-corrected chi connectivity index (χ2v) is 5.59. The lowest BCUT2D eigenvalue weighted by molar-refractivity contribution is 0.969. The minimum absolute atomic E-state index is 0.567. The molecule has 0 amide bonds. The first-order chi connectivity index (χ1) is 10.8. The predicted molar refractivity (Wildman–Crippen MR) is 88.7 cm³/mol. The van der Waals surface area contributed by atoms with Gasteiger partial charge in [0.25, 0.3) is 0 Å². The number of aromatic nitrogens is 2. The minimum atomic E-state index is 0.567. The fourth-order valence-electron chi connectivity index (χ4n) is 2.02. The Morgan fingerprint density at radius 3 is 2.73 bits per heavy atom. The molecule has 0 saturated heterocycles. The first-order valence-corrected chi connectivity index (χ1v) is 7.83. The van der Waals surface area contributed by atoms with Crippen LogP contribution in [0.25, 0.3) is 10.6 Å². The lowest BCUT2D eigenvalue weighted by Crippen LogP contribution is -2.06. The topological polar surface area (TPSA) is 61.6 Å². The van der Waals surface area contributed by atoms with Crippen LogP contribution >= 0.6 is 11.3 Å². The van der Waals surface area contributed by atoms with Crippen LogP contribution in [0.2, 0.25) is 0 Å². The summed E-state index contributed by atoms with van der Waals surface area (Å²) >= 11 is 1.66. The van der Waals surface area contributed by atoms with Crippen molar-refractivity contribution in [3.05, 3.63) is 65.3 Å². The molecule has 3 rings (SSSR count). The van der Waals surface area contributed by atoms with Gasteiger partial charge in [-0.15, -0.1) is 11.3 Å². The molecule has 4 nitrogen and oxygen atoms in total. The van der Waals surface area contributed by atoms with E-state index >= 15 is 0 Å². The van der Waals surface area contributed by atoms with Crippen LogP contribution in [-0.4, -0.2) is 16.5 Å². The Balaban J connectivity index is 1.56. The van der Waals surface area contributed by atoms with E-state index in [4.69, 9.17) is 5.26 Å². The summed E-state index contributed by atoms with van der Waals surface area (Å²) in [4.78, 5) is 8.84. The third-order valence-corrected chi connectivity index (χ3v) is 4.09. The van der Waals surface area contributed by atoms with Crippen molar-refractivity contribution < 1.29 is 0 Å². The number of hydrogen-bond donors (Lipinski definition) is 1. The number of thiazole rings is 1. The summed E-state index contributed by atoms with van der Waals surface area (Å²) in [6.45, 7) is 0.761. The molecule has 0 spiro atoms. The Hall–Kier alpha value is -2.71. The molecular formula is C17H14N4S. The summed E-state index contributed by atoms with van der Waals surface area (Å²) in [5.41, 5.74) is 2.79. The van der Waals surface area contributed by atoms with E-state index in [1.807, 2.05) is 24.3 Å². The average molecular weight is 306 g/mol. The maximum absolute atomic E-state index is 8.73. The summed E-state index contributed by atoms with van der Waals surface area (Å²) in [6, 6.07) is 15.8. The number of nitrogens with one attached hydrogen (secondary N) is 1. The first kappa shape index (κ1) is 14.2. The van der Waals surface area contributed by atoms with Gasteiger partial charge >= 0.3 is 0 Å². The zero-order chi connectivity index (χ0) is 15.2. The van der Waals surface area contributed by atoms with Gasteiger partial charge in [-0.2, -0.15) is 5.26 Å². The minimum Gasteiger partial charge on any atom is -0.370 e. The summed E-state index contributed by atoms with van der Waals surface area (Å²) < 4.78 is 0. The van der Waals surface area contributed by atoms with Gasteiger partial charge in [-0.25, -0.2) is 9.97 Å². The van der Waals surface area contributed by atoms with Gasteiger partial charge in [-0.1, -0.05) is 30.3 Å². The standard InChI is InChI=1S/C17H14N4S/c18-10-13-6-7-16(20-11-13)19-9-8-15-12-22-17(21-15)14-4-2-1-3-5-14/h1-7,11-12H,8-9H2,(H,19,20). The molecule has 0 aliphatic carbocycles. The molecule has 1 N–H and O–H groups in total. The van der Waals surface area contributed by atoms with Crippen LogP contribution in [0.1, 0.15) is 11.3 Å². The average Bonchev–Trinajstić information content (AvgIpc) is 3.05.